The molecule has 4 atom stereocenters. The molecule has 3 aliphatic heterocycles. The van der Waals surface area contributed by atoms with Gasteiger partial charge in [0.1, 0.15) is 6.04 Å². The highest BCUT2D eigenvalue weighted by Gasteiger charge is 2.44. The van der Waals surface area contributed by atoms with Crippen molar-refractivity contribution >= 4 is 5.91 Å². The van der Waals surface area contributed by atoms with Gasteiger partial charge in [-0.15, -0.1) is 0 Å². The highest BCUT2D eigenvalue weighted by molar-refractivity contribution is 5.83. The maximum absolute atomic E-state index is 13.1. The molecule has 5 heteroatoms. The summed E-state index contributed by atoms with van der Waals surface area (Å²) in [6, 6.07) is 11.4. The zero-order chi connectivity index (χ0) is 16.4. The zero-order valence-electron chi connectivity index (χ0n) is 14.2. The number of nitrogens with one attached hydrogen (secondary N) is 3. The number of carbonyl (C=O) groups is 1. The number of hydrogen-bond acceptors (Lipinski definition) is 4. The van der Waals surface area contributed by atoms with E-state index in [-0.39, 0.29) is 6.04 Å². The summed E-state index contributed by atoms with van der Waals surface area (Å²) in [4.78, 5) is 15.3. The second-order valence-electron chi connectivity index (χ2n) is 7.38. The van der Waals surface area contributed by atoms with Crippen LogP contribution in [0.25, 0.3) is 0 Å². The first-order valence-electron chi connectivity index (χ1n) is 9.39. The predicted octanol–water partition coefficient (Wildman–Crippen LogP) is 1.06. The van der Waals surface area contributed by atoms with Crippen LogP contribution in [0, 0.1) is 5.92 Å². The van der Waals surface area contributed by atoms with Crippen LogP contribution in [0.15, 0.2) is 30.3 Å². The number of hydrazine groups is 1. The highest BCUT2D eigenvalue weighted by Crippen LogP contribution is 2.27. The standard InChI is InChI=1S/C19H28N4O/c24-19(18-16-13-20-11-10-17(16)21-22-18)23-12-4-7-15(23)9-8-14-5-2-1-3-6-14/h1-3,5-6,15-18,20-22H,4,7-13H2. The molecule has 130 valence electrons. The van der Waals surface area contributed by atoms with Crippen LogP contribution in [0.1, 0.15) is 31.2 Å². The summed E-state index contributed by atoms with van der Waals surface area (Å²) >= 11 is 0. The number of carbonyl (C=O) groups excluding carboxylic acids is 1. The van der Waals surface area contributed by atoms with Gasteiger partial charge in [0, 0.05) is 31.1 Å². The third kappa shape index (κ3) is 3.21. The van der Waals surface area contributed by atoms with Crippen LogP contribution in [0.2, 0.25) is 0 Å². The molecule has 24 heavy (non-hydrogen) atoms. The van der Waals surface area contributed by atoms with Gasteiger partial charge in [-0.25, -0.2) is 5.43 Å². The van der Waals surface area contributed by atoms with Gasteiger partial charge >= 0.3 is 0 Å². The van der Waals surface area contributed by atoms with Crippen molar-refractivity contribution in [3.8, 4) is 0 Å². The number of hydrogen-bond donors (Lipinski definition) is 3. The lowest BCUT2D eigenvalue weighted by Gasteiger charge is -2.32. The Morgan fingerprint density at radius 3 is 2.92 bits per heavy atom. The van der Waals surface area contributed by atoms with Gasteiger partial charge in [-0.3, -0.25) is 10.2 Å². The molecule has 0 bridgehead atoms. The molecule has 4 unspecified atom stereocenters. The Bertz CT molecular complexity index is 564. The number of rotatable bonds is 4. The van der Waals surface area contributed by atoms with Gasteiger partial charge in [-0.05, 0) is 44.2 Å². The predicted molar refractivity (Wildman–Crippen MR) is 94.3 cm³/mol. The molecule has 0 aliphatic carbocycles. The summed E-state index contributed by atoms with van der Waals surface area (Å²) in [6.45, 7) is 2.89. The fraction of sp³-hybridized carbons (Fsp3) is 0.632. The van der Waals surface area contributed by atoms with E-state index in [0.29, 0.717) is 23.9 Å². The maximum Gasteiger partial charge on any atom is 0.241 e. The molecule has 3 N–H and O–H groups in total. The van der Waals surface area contributed by atoms with Gasteiger partial charge in [0.25, 0.3) is 0 Å². The van der Waals surface area contributed by atoms with Crippen molar-refractivity contribution in [2.45, 2.75) is 50.2 Å². The van der Waals surface area contributed by atoms with E-state index in [1.807, 2.05) is 0 Å². The van der Waals surface area contributed by atoms with Crippen molar-refractivity contribution in [1.82, 2.24) is 21.1 Å². The molecule has 0 saturated carbocycles. The van der Waals surface area contributed by atoms with Crippen LogP contribution in [0.3, 0.4) is 0 Å². The van der Waals surface area contributed by atoms with E-state index >= 15 is 0 Å². The van der Waals surface area contributed by atoms with Gasteiger partial charge in [0.15, 0.2) is 0 Å². The Morgan fingerprint density at radius 1 is 1.17 bits per heavy atom. The van der Waals surface area contributed by atoms with E-state index in [9.17, 15) is 4.79 Å². The van der Waals surface area contributed by atoms with E-state index in [1.165, 1.54) is 5.56 Å². The molecule has 3 saturated heterocycles. The van der Waals surface area contributed by atoms with E-state index in [0.717, 1.165) is 51.7 Å². The maximum atomic E-state index is 13.1. The lowest BCUT2D eigenvalue weighted by atomic mass is 9.88. The number of benzene rings is 1. The Kier molecular flexibility index (Phi) is 4.83. The average molecular weight is 328 g/mol. The summed E-state index contributed by atoms with van der Waals surface area (Å²) in [7, 11) is 0. The Labute approximate surface area is 144 Å². The van der Waals surface area contributed by atoms with Crippen molar-refractivity contribution in [1.29, 1.82) is 0 Å². The van der Waals surface area contributed by atoms with E-state index in [1.54, 1.807) is 0 Å². The highest BCUT2D eigenvalue weighted by atomic mass is 16.2. The number of likely N-dealkylation sites (tertiary alicyclic amines) is 1. The van der Waals surface area contributed by atoms with Crippen molar-refractivity contribution in [2.24, 2.45) is 5.92 Å². The minimum atomic E-state index is -0.0693. The van der Waals surface area contributed by atoms with Crippen LogP contribution >= 0.6 is 0 Å². The van der Waals surface area contributed by atoms with Gasteiger partial charge in [-0.2, -0.15) is 0 Å². The zero-order valence-corrected chi connectivity index (χ0v) is 14.2. The lowest BCUT2D eigenvalue weighted by Crippen LogP contribution is -2.51. The third-order valence-corrected chi connectivity index (χ3v) is 5.92. The van der Waals surface area contributed by atoms with Crippen molar-refractivity contribution in [3.63, 3.8) is 0 Å². The summed E-state index contributed by atoms with van der Waals surface area (Å²) in [5.41, 5.74) is 8.01. The first kappa shape index (κ1) is 16.1. The van der Waals surface area contributed by atoms with Crippen LogP contribution in [0.5, 0.6) is 0 Å². The Morgan fingerprint density at radius 2 is 2.04 bits per heavy atom. The second kappa shape index (κ2) is 7.21. The molecule has 3 aliphatic rings. The molecule has 3 fully saturated rings. The normalized spacial score (nSPS) is 32.8. The fourth-order valence-electron chi connectivity index (χ4n) is 4.54. The topological polar surface area (TPSA) is 56.4 Å². The first-order chi connectivity index (χ1) is 11.8. The number of fused-ring (bicyclic) bond motifs is 1. The van der Waals surface area contributed by atoms with Gasteiger partial charge in [0.05, 0.1) is 0 Å². The van der Waals surface area contributed by atoms with E-state index < -0.39 is 0 Å². The summed E-state index contributed by atoms with van der Waals surface area (Å²) in [5, 5.41) is 3.44. The summed E-state index contributed by atoms with van der Waals surface area (Å²) < 4.78 is 0. The van der Waals surface area contributed by atoms with Gasteiger partial charge in [-0.1, -0.05) is 30.3 Å². The molecule has 3 heterocycles. The van der Waals surface area contributed by atoms with Crippen LogP contribution in [0.4, 0.5) is 0 Å². The van der Waals surface area contributed by atoms with Crippen LogP contribution in [-0.2, 0) is 11.2 Å². The molecule has 0 radical (unpaired) electrons. The molecule has 1 aromatic carbocycles. The second-order valence-corrected chi connectivity index (χ2v) is 7.38. The lowest BCUT2D eigenvalue weighted by molar-refractivity contribution is -0.135. The fourth-order valence-corrected chi connectivity index (χ4v) is 4.54. The summed E-state index contributed by atoms with van der Waals surface area (Å²) in [6.07, 6.45) is 5.50. The quantitative estimate of drug-likeness (QED) is 0.774. The number of nitrogens with zero attached hydrogens (tertiary/aromatic N) is 1. The SMILES string of the molecule is O=C(C1NNC2CCNCC21)N1CCCC1CCc1ccccc1. The third-order valence-electron chi connectivity index (χ3n) is 5.92. The average Bonchev–Trinajstić information content (AvgIpc) is 3.27. The van der Waals surface area contributed by atoms with Crippen molar-refractivity contribution in [2.75, 3.05) is 19.6 Å². The minimum Gasteiger partial charge on any atom is -0.338 e. The largest absolute Gasteiger partial charge is 0.338 e. The number of aryl methyl sites for hydroxylation is 1. The van der Waals surface area contributed by atoms with Crippen LogP contribution in [-0.4, -0.2) is 48.6 Å². The molecule has 0 spiro atoms. The molecular formula is C19H28N4O. The monoisotopic (exact) mass is 328 g/mol. The van der Waals surface area contributed by atoms with Crippen molar-refractivity contribution in [3.05, 3.63) is 35.9 Å². The summed E-state index contributed by atoms with van der Waals surface area (Å²) in [5.74, 6) is 0.677. The molecular weight excluding hydrogens is 300 g/mol. The molecule has 0 aromatic heterocycles. The van der Waals surface area contributed by atoms with Crippen LogP contribution < -0.4 is 16.2 Å². The molecule has 4 rings (SSSR count). The van der Waals surface area contributed by atoms with E-state index in [4.69, 9.17) is 0 Å². The smallest absolute Gasteiger partial charge is 0.241 e. The van der Waals surface area contributed by atoms with Gasteiger partial charge in [0.2, 0.25) is 5.91 Å². The minimum absolute atomic E-state index is 0.0693. The molecule has 1 amide bonds. The van der Waals surface area contributed by atoms with Crippen molar-refractivity contribution < 1.29 is 4.79 Å². The van der Waals surface area contributed by atoms with Gasteiger partial charge < -0.3 is 10.2 Å². The Hall–Kier alpha value is -1.43. The number of amides is 1. The molecule has 1 aromatic rings. The number of piperidine rings is 1. The molecule has 5 nitrogen and oxygen atoms in total. The first-order valence-corrected chi connectivity index (χ1v) is 9.39. The Balaban J connectivity index is 1.38. The van der Waals surface area contributed by atoms with E-state index in [2.05, 4.69) is 51.4 Å².